The van der Waals surface area contributed by atoms with Crippen LogP contribution in [0, 0.1) is 0 Å². The Labute approximate surface area is 130 Å². The normalized spacial score (nSPS) is 19.8. The van der Waals surface area contributed by atoms with Gasteiger partial charge in [0.1, 0.15) is 10.6 Å². The Morgan fingerprint density at radius 3 is 2.95 bits per heavy atom. The monoisotopic (exact) mass is 304 g/mol. The zero-order chi connectivity index (χ0) is 14.8. The van der Waals surface area contributed by atoms with Gasteiger partial charge >= 0.3 is 0 Å². The smallest absolute Gasteiger partial charge is 0.225 e. The van der Waals surface area contributed by atoms with Crippen LogP contribution in [-0.4, -0.2) is 29.6 Å². The van der Waals surface area contributed by atoms with Gasteiger partial charge in [0.25, 0.3) is 0 Å². The van der Waals surface area contributed by atoms with E-state index in [0.717, 1.165) is 29.6 Å². The molecule has 1 atom stereocenters. The highest BCUT2D eigenvalue weighted by Gasteiger charge is 2.22. The summed E-state index contributed by atoms with van der Waals surface area (Å²) >= 11 is 1.79. The number of thiophene rings is 1. The second-order valence-electron chi connectivity index (χ2n) is 5.80. The Hall–Kier alpha value is -1.36. The number of hydrogen-bond acceptors (Lipinski definition) is 5. The molecule has 1 aliphatic heterocycles. The molecule has 5 heteroatoms. The summed E-state index contributed by atoms with van der Waals surface area (Å²) in [5, 5.41) is 4.34. The average molecular weight is 304 g/mol. The summed E-state index contributed by atoms with van der Waals surface area (Å²) in [5.74, 6) is 1.85. The van der Waals surface area contributed by atoms with Crippen LogP contribution in [0.3, 0.4) is 0 Å². The third-order valence-electron chi connectivity index (χ3n) is 4.32. The summed E-state index contributed by atoms with van der Waals surface area (Å²) in [6.45, 7) is 5.63. The molecule has 1 saturated heterocycles. The number of fused-ring (bicyclic) bond motifs is 1. The maximum atomic E-state index is 4.79. The summed E-state index contributed by atoms with van der Waals surface area (Å²) in [6.07, 6.45) is 6.23. The number of aromatic nitrogens is 2. The molecular weight excluding hydrogens is 280 g/mol. The lowest BCUT2D eigenvalue weighted by molar-refractivity contribution is 0.613. The minimum atomic E-state index is 0.556. The fourth-order valence-corrected chi connectivity index (χ4v) is 4.01. The van der Waals surface area contributed by atoms with E-state index in [9.17, 15) is 0 Å². The lowest BCUT2D eigenvalue weighted by Gasteiger charge is -2.29. The van der Waals surface area contributed by atoms with Crippen molar-refractivity contribution < 1.29 is 0 Å². The second kappa shape index (κ2) is 6.18. The van der Waals surface area contributed by atoms with Gasteiger partial charge in [0.2, 0.25) is 5.95 Å². The third-order valence-corrected chi connectivity index (χ3v) is 5.49. The van der Waals surface area contributed by atoms with Gasteiger partial charge in [-0.1, -0.05) is 19.8 Å². The quantitative estimate of drug-likeness (QED) is 0.928. The van der Waals surface area contributed by atoms with E-state index in [1.165, 1.54) is 35.9 Å². The van der Waals surface area contributed by atoms with Crippen molar-refractivity contribution in [1.82, 2.24) is 9.97 Å². The van der Waals surface area contributed by atoms with E-state index in [2.05, 4.69) is 35.1 Å². The minimum absolute atomic E-state index is 0.556. The number of nitrogens with zero attached hydrogens (tertiary/aromatic N) is 3. The first-order valence-electron chi connectivity index (χ1n) is 7.97. The zero-order valence-corrected chi connectivity index (χ0v) is 14.0. The van der Waals surface area contributed by atoms with Gasteiger partial charge in [-0.3, -0.25) is 0 Å². The molecule has 0 spiro atoms. The first kappa shape index (κ1) is 14.6. The first-order valence-corrected chi connectivity index (χ1v) is 8.79. The van der Waals surface area contributed by atoms with E-state index in [0.29, 0.717) is 6.04 Å². The maximum Gasteiger partial charge on any atom is 0.225 e. The van der Waals surface area contributed by atoms with Crippen LogP contribution in [0.1, 0.15) is 44.4 Å². The van der Waals surface area contributed by atoms with Gasteiger partial charge < -0.3 is 10.2 Å². The molecule has 0 radical (unpaired) electrons. The van der Waals surface area contributed by atoms with Gasteiger partial charge in [-0.2, -0.15) is 4.98 Å². The van der Waals surface area contributed by atoms with Gasteiger partial charge in [-0.25, -0.2) is 4.98 Å². The molecule has 0 bridgehead atoms. The molecule has 21 heavy (non-hydrogen) atoms. The van der Waals surface area contributed by atoms with Gasteiger partial charge in [-0.15, -0.1) is 11.3 Å². The van der Waals surface area contributed by atoms with Crippen LogP contribution in [-0.2, 0) is 6.42 Å². The van der Waals surface area contributed by atoms with Gasteiger partial charge in [0.15, 0.2) is 0 Å². The minimum Gasteiger partial charge on any atom is -0.357 e. The third kappa shape index (κ3) is 2.84. The van der Waals surface area contributed by atoms with E-state index in [1.54, 1.807) is 11.3 Å². The molecule has 1 N–H and O–H groups in total. The topological polar surface area (TPSA) is 41.1 Å². The van der Waals surface area contributed by atoms with Crippen molar-refractivity contribution in [1.29, 1.82) is 0 Å². The second-order valence-corrected chi connectivity index (χ2v) is 6.91. The number of anilines is 2. The van der Waals surface area contributed by atoms with E-state index < -0.39 is 0 Å². The highest BCUT2D eigenvalue weighted by atomic mass is 32.1. The fraction of sp³-hybridized carbons (Fsp3) is 0.625. The largest absolute Gasteiger partial charge is 0.357 e. The fourth-order valence-electron chi connectivity index (χ4n) is 3.05. The summed E-state index contributed by atoms with van der Waals surface area (Å²) < 4.78 is 0. The van der Waals surface area contributed by atoms with Gasteiger partial charge in [-0.05, 0) is 32.3 Å². The Balaban J connectivity index is 2.11. The van der Waals surface area contributed by atoms with E-state index in [1.807, 2.05) is 7.05 Å². The predicted molar refractivity (Wildman–Crippen MR) is 91.6 cm³/mol. The van der Waals surface area contributed by atoms with Crippen LogP contribution in [0.15, 0.2) is 6.07 Å². The molecule has 0 aromatic carbocycles. The van der Waals surface area contributed by atoms with Crippen molar-refractivity contribution in [2.75, 3.05) is 23.8 Å². The number of nitrogens with one attached hydrogen (secondary N) is 1. The van der Waals surface area contributed by atoms with E-state index in [-0.39, 0.29) is 0 Å². The molecule has 3 heterocycles. The van der Waals surface area contributed by atoms with Crippen molar-refractivity contribution >= 4 is 33.3 Å². The Morgan fingerprint density at radius 2 is 2.19 bits per heavy atom. The zero-order valence-electron chi connectivity index (χ0n) is 13.1. The molecule has 3 rings (SSSR count). The molecule has 0 amide bonds. The van der Waals surface area contributed by atoms with Crippen molar-refractivity contribution in [3.05, 3.63) is 10.9 Å². The standard InChI is InChI=1S/C16H24N4S/c1-4-12-10-13-14(18-16(17-3)19-15(13)21-12)20-9-7-5-6-8-11(20)2/h10-11H,4-9H2,1-3H3,(H,17,18,19). The average Bonchev–Trinajstić information content (AvgIpc) is 2.81. The van der Waals surface area contributed by atoms with Crippen molar-refractivity contribution in [3.8, 4) is 0 Å². The molecule has 1 fully saturated rings. The van der Waals surface area contributed by atoms with Crippen LogP contribution in [0.4, 0.5) is 11.8 Å². The summed E-state index contributed by atoms with van der Waals surface area (Å²) in [6, 6.07) is 2.84. The molecule has 1 unspecified atom stereocenters. The van der Waals surface area contributed by atoms with Gasteiger partial charge in [0.05, 0.1) is 5.39 Å². The van der Waals surface area contributed by atoms with E-state index in [4.69, 9.17) is 4.98 Å². The number of rotatable bonds is 3. The first-order chi connectivity index (χ1) is 10.2. The van der Waals surface area contributed by atoms with Crippen molar-refractivity contribution in [2.24, 2.45) is 0 Å². The summed E-state index contributed by atoms with van der Waals surface area (Å²) in [5.41, 5.74) is 0. The number of hydrogen-bond donors (Lipinski definition) is 1. The molecule has 1 aliphatic rings. The van der Waals surface area contributed by atoms with Crippen LogP contribution in [0.2, 0.25) is 0 Å². The van der Waals surface area contributed by atoms with Crippen molar-refractivity contribution in [2.45, 2.75) is 52.0 Å². The van der Waals surface area contributed by atoms with Crippen LogP contribution in [0.25, 0.3) is 10.2 Å². The summed E-state index contributed by atoms with van der Waals surface area (Å²) in [7, 11) is 1.89. The van der Waals surface area contributed by atoms with Crippen LogP contribution < -0.4 is 10.2 Å². The SMILES string of the molecule is CCc1cc2c(N3CCCCCC3C)nc(NC)nc2s1. The highest BCUT2D eigenvalue weighted by molar-refractivity contribution is 7.18. The molecule has 114 valence electrons. The molecule has 0 aliphatic carbocycles. The number of aryl methyl sites for hydroxylation is 1. The lowest BCUT2D eigenvalue weighted by atomic mass is 10.1. The van der Waals surface area contributed by atoms with Gasteiger partial charge in [0, 0.05) is 24.5 Å². The summed E-state index contributed by atoms with van der Waals surface area (Å²) in [4.78, 5) is 14.4. The Kier molecular flexibility index (Phi) is 4.29. The molecule has 0 saturated carbocycles. The van der Waals surface area contributed by atoms with Crippen LogP contribution >= 0.6 is 11.3 Å². The van der Waals surface area contributed by atoms with Crippen LogP contribution in [0.5, 0.6) is 0 Å². The van der Waals surface area contributed by atoms with E-state index >= 15 is 0 Å². The molecule has 4 nitrogen and oxygen atoms in total. The Morgan fingerprint density at radius 1 is 1.33 bits per heavy atom. The lowest BCUT2D eigenvalue weighted by Crippen LogP contribution is -2.33. The molecular formula is C16H24N4S. The molecule has 2 aromatic heterocycles. The highest BCUT2D eigenvalue weighted by Crippen LogP contribution is 2.34. The Bertz CT molecular complexity index is 622. The molecule has 2 aromatic rings. The maximum absolute atomic E-state index is 4.79. The predicted octanol–water partition coefficient (Wildman–Crippen LogP) is 4.06. The van der Waals surface area contributed by atoms with Crippen molar-refractivity contribution in [3.63, 3.8) is 0 Å².